The molecule has 25 heavy (non-hydrogen) atoms. The molecule has 0 bridgehead atoms. The standard InChI is InChI=1S/C20H27N3O2/c1-22-13-15(11-18(22)20(25)23-9-5-6-10-23)19(24)21-17-12-16(17)14-7-3-2-4-8-14/h2-4,7-8,15-18H,5-6,9-13H2,1H3,(H,21,24)/t15-,16-,17?,18-/m0/s1. The smallest absolute Gasteiger partial charge is 0.239 e. The largest absolute Gasteiger partial charge is 0.352 e. The molecule has 5 nitrogen and oxygen atoms in total. The van der Waals surface area contributed by atoms with Crippen LogP contribution in [0.25, 0.3) is 0 Å². The summed E-state index contributed by atoms with van der Waals surface area (Å²) in [6.45, 7) is 2.43. The summed E-state index contributed by atoms with van der Waals surface area (Å²) in [4.78, 5) is 29.3. The van der Waals surface area contributed by atoms with Crippen LogP contribution in [0.5, 0.6) is 0 Å². The fourth-order valence-electron chi connectivity index (χ4n) is 4.35. The van der Waals surface area contributed by atoms with Gasteiger partial charge in [-0.05, 0) is 38.3 Å². The van der Waals surface area contributed by atoms with Gasteiger partial charge in [0.15, 0.2) is 0 Å². The minimum atomic E-state index is -0.127. The van der Waals surface area contributed by atoms with Gasteiger partial charge in [-0.15, -0.1) is 0 Å². The van der Waals surface area contributed by atoms with Crippen LogP contribution in [0.15, 0.2) is 30.3 Å². The highest BCUT2D eigenvalue weighted by atomic mass is 16.2. The normalized spacial score (nSPS) is 32.0. The number of nitrogens with zero attached hydrogens (tertiary/aromatic N) is 2. The lowest BCUT2D eigenvalue weighted by Gasteiger charge is -2.24. The molecule has 1 aliphatic carbocycles. The summed E-state index contributed by atoms with van der Waals surface area (Å²) < 4.78 is 0. The Hall–Kier alpha value is -1.88. The Morgan fingerprint density at radius 3 is 2.52 bits per heavy atom. The summed E-state index contributed by atoms with van der Waals surface area (Å²) in [5.41, 5.74) is 1.30. The Bertz CT molecular complexity index is 642. The SMILES string of the molecule is CN1C[C@@H](C(=O)NC2C[C@H]2c2ccccc2)C[C@H]1C(=O)N1CCCC1. The third kappa shape index (κ3) is 3.43. The van der Waals surface area contributed by atoms with Gasteiger partial charge in [-0.3, -0.25) is 14.5 Å². The molecule has 0 aromatic heterocycles. The van der Waals surface area contributed by atoms with Crippen molar-refractivity contribution in [2.75, 3.05) is 26.7 Å². The van der Waals surface area contributed by atoms with E-state index in [0.29, 0.717) is 18.9 Å². The van der Waals surface area contributed by atoms with Crippen LogP contribution in [0, 0.1) is 5.92 Å². The van der Waals surface area contributed by atoms with Crippen LogP contribution in [0.2, 0.25) is 0 Å². The van der Waals surface area contributed by atoms with Gasteiger partial charge in [0, 0.05) is 31.6 Å². The first-order valence-electron chi connectivity index (χ1n) is 9.48. The molecule has 3 fully saturated rings. The highest BCUT2D eigenvalue weighted by molar-refractivity contribution is 5.86. The van der Waals surface area contributed by atoms with Gasteiger partial charge in [0.1, 0.15) is 0 Å². The number of carbonyl (C=O) groups is 2. The summed E-state index contributed by atoms with van der Waals surface area (Å²) in [6.07, 6.45) is 3.89. The Morgan fingerprint density at radius 2 is 1.80 bits per heavy atom. The molecular weight excluding hydrogens is 314 g/mol. The number of likely N-dealkylation sites (N-methyl/N-ethyl adjacent to an activating group) is 1. The molecule has 1 unspecified atom stereocenters. The van der Waals surface area contributed by atoms with E-state index in [2.05, 4.69) is 22.3 Å². The van der Waals surface area contributed by atoms with E-state index < -0.39 is 0 Å². The monoisotopic (exact) mass is 341 g/mol. The predicted octanol–water partition coefficient (Wildman–Crippen LogP) is 1.60. The van der Waals surface area contributed by atoms with Crippen LogP contribution in [-0.2, 0) is 9.59 Å². The van der Waals surface area contributed by atoms with E-state index >= 15 is 0 Å². The maximum Gasteiger partial charge on any atom is 0.239 e. The topological polar surface area (TPSA) is 52.7 Å². The molecule has 1 aromatic carbocycles. The second-order valence-electron chi connectivity index (χ2n) is 7.79. The fraction of sp³-hybridized carbons (Fsp3) is 0.600. The maximum absolute atomic E-state index is 12.7. The van der Waals surface area contributed by atoms with Gasteiger partial charge in [-0.2, -0.15) is 0 Å². The molecule has 2 heterocycles. The Balaban J connectivity index is 1.31. The fourth-order valence-corrected chi connectivity index (χ4v) is 4.35. The van der Waals surface area contributed by atoms with Crippen molar-refractivity contribution in [1.29, 1.82) is 0 Å². The zero-order valence-electron chi connectivity index (χ0n) is 14.9. The molecule has 2 saturated heterocycles. The van der Waals surface area contributed by atoms with Crippen LogP contribution >= 0.6 is 0 Å². The zero-order chi connectivity index (χ0) is 17.4. The molecule has 1 saturated carbocycles. The lowest BCUT2D eigenvalue weighted by molar-refractivity contribution is -0.134. The van der Waals surface area contributed by atoms with Crippen molar-refractivity contribution in [3.63, 3.8) is 0 Å². The summed E-state index contributed by atoms with van der Waals surface area (Å²) in [5.74, 6) is 0.709. The molecule has 5 heteroatoms. The van der Waals surface area contributed by atoms with Gasteiger partial charge in [-0.1, -0.05) is 30.3 Å². The number of benzene rings is 1. The van der Waals surface area contributed by atoms with E-state index in [0.717, 1.165) is 32.4 Å². The van der Waals surface area contributed by atoms with Crippen molar-refractivity contribution in [1.82, 2.24) is 15.1 Å². The van der Waals surface area contributed by atoms with Crippen molar-refractivity contribution in [3.05, 3.63) is 35.9 Å². The third-order valence-electron chi connectivity index (χ3n) is 5.97. The average molecular weight is 341 g/mol. The lowest BCUT2D eigenvalue weighted by atomic mass is 10.0. The summed E-state index contributed by atoms with van der Waals surface area (Å²) >= 11 is 0. The van der Waals surface area contributed by atoms with Crippen molar-refractivity contribution >= 4 is 11.8 Å². The zero-order valence-corrected chi connectivity index (χ0v) is 14.9. The van der Waals surface area contributed by atoms with E-state index in [1.165, 1.54) is 5.56 Å². The molecule has 2 amide bonds. The van der Waals surface area contributed by atoms with E-state index in [-0.39, 0.29) is 29.8 Å². The molecule has 1 aromatic rings. The van der Waals surface area contributed by atoms with E-state index in [1.54, 1.807) is 0 Å². The highest BCUT2D eigenvalue weighted by Crippen LogP contribution is 2.41. The number of nitrogens with one attached hydrogen (secondary N) is 1. The number of hydrogen-bond acceptors (Lipinski definition) is 3. The van der Waals surface area contributed by atoms with Gasteiger partial charge < -0.3 is 10.2 Å². The van der Waals surface area contributed by atoms with Gasteiger partial charge in [-0.25, -0.2) is 0 Å². The van der Waals surface area contributed by atoms with Gasteiger partial charge in [0.05, 0.1) is 12.0 Å². The van der Waals surface area contributed by atoms with Crippen LogP contribution in [-0.4, -0.2) is 60.4 Å². The maximum atomic E-state index is 12.7. The number of likely N-dealkylation sites (tertiary alicyclic amines) is 2. The summed E-state index contributed by atoms with van der Waals surface area (Å²) in [5, 5.41) is 3.20. The molecule has 134 valence electrons. The number of hydrogen-bond donors (Lipinski definition) is 1. The summed E-state index contributed by atoms with van der Waals surface area (Å²) in [6, 6.07) is 10.5. The molecule has 1 N–H and O–H groups in total. The first kappa shape index (κ1) is 16.6. The van der Waals surface area contributed by atoms with Crippen LogP contribution < -0.4 is 5.32 Å². The minimum Gasteiger partial charge on any atom is -0.352 e. The van der Waals surface area contributed by atoms with Gasteiger partial charge in [0.2, 0.25) is 11.8 Å². The molecule has 4 rings (SSSR count). The average Bonchev–Trinajstić information content (AvgIpc) is 3.01. The third-order valence-corrected chi connectivity index (χ3v) is 5.97. The molecule has 0 radical (unpaired) electrons. The first-order chi connectivity index (χ1) is 12.1. The van der Waals surface area contributed by atoms with Crippen molar-refractivity contribution < 1.29 is 9.59 Å². The van der Waals surface area contributed by atoms with Crippen molar-refractivity contribution in [2.45, 2.75) is 43.7 Å². The number of rotatable bonds is 4. The van der Waals surface area contributed by atoms with E-state index in [1.807, 2.05) is 30.1 Å². The number of carbonyl (C=O) groups excluding carboxylic acids is 2. The van der Waals surface area contributed by atoms with Crippen molar-refractivity contribution in [2.24, 2.45) is 5.92 Å². The van der Waals surface area contributed by atoms with Crippen LogP contribution in [0.1, 0.15) is 37.2 Å². The summed E-state index contributed by atoms with van der Waals surface area (Å²) in [7, 11) is 1.97. The molecule has 2 aliphatic heterocycles. The van der Waals surface area contributed by atoms with Crippen molar-refractivity contribution in [3.8, 4) is 0 Å². The second kappa shape index (κ2) is 6.79. The quantitative estimate of drug-likeness (QED) is 0.905. The minimum absolute atomic E-state index is 0.0708. The molecule has 4 atom stereocenters. The highest BCUT2D eigenvalue weighted by Gasteiger charge is 2.44. The van der Waals surface area contributed by atoms with Gasteiger partial charge in [0.25, 0.3) is 0 Å². The van der Waals surface area contributed by atoms with E-state index in [9.17, 15) is 9.59 Å². The predicted molar refractivity (Wildman–Crippen MR) is 96.1 cm³/mol. The van der Waals surface area contributed by atoms with Crippen LogP contribution in [0.4, 0.5) is 0 Å². The molecule has 3 aliphatic rings. The molecular formula is C20H27N3O2. The molecule has 0 spiro atoms. The Labute approximate surface area is 149 Å². The first-order valence-corrected chi connectivity index (χ1v) is 9.48. The van der Waals surface area contributed by atoms with Gasteiger partial charge >= 0.3 is 0 Å². The Kier molecular flexibility index (Phi) is 4.50. The van der Waals surface area contributed by atoms with E-state index in [4.69, 9.17) is 0 Å². The second-order valence-corrected chi connectivity index (χ2v) is 7.79. The van der Waals surface area contributed by atoms with Crippen LogP contribution in [0.3, 0.4) is 0 Å². The lowest BCUT2D eigenvalue weighted by Crippen LogP contribution is -2.42. The Morgan fingerprint density at radius 1 is 1.08 bits per heavy atom. The number of amides is 2.